The van der Waals surface area contributed by atoms with Gasteiger partial charge in [-0.25, -0.2) is 8.42 Å². The summed E-state index contributed by atoms with van der Waals surface area (Å²) in [4.78, 5) is 4.45. The zero-order chi connectivity index (χ0) is 19.3. The first-order valence-corrected chi connectivity index (χ1v) is 11.8. The van der Waals surface area contributed by atoms with Gasteiger partial charge >= 0.3 is 0 Å². The Kier molecular flexibility index (Phi) is 6.88. The largest absolute Gasteiger partial charge is 0.264 e. The van der Waals surface area contributed by atoms with Crippen LogP contribution in [0.4, 0.5) is 0 Å². The molecule has 1 aromatic carbocycles. The Bertz CT molecular complexity index is 839. The summed E-state index contributed by atoms with van der Waals surface area (Å²) < 4.78 is 27.5. The van der Waals surface area contributed by atoms with Crippen molar-refractivity contribution in [3.8, 4) is 0 Å². The van der Waals surface area contributed by atoms with Gasteiger partial charge in [0.25, 0.3) is 0 Å². The van der Waals surface area contributed by atoms with Crippen LogP contribution in [0.3, 0.4) is 0 Å². The maximum absolute atomic E-state index is 12.9. The summed E-state index contributed by atoms with van der Waals surface area (Å²) >= 11 is 0. The van der Waals surface area contributed by atoms with Crippen molar-refractivity contribution in [1.82, 2.24) is 9.29 Å². The van der Waals surface area contributed by atoms with Crippen molar-refractivity contribution in [2.45, 2.75) is 76.2 Å². The zero-order valence-corrected chi connectivity index (χ0v) is 17.4. The number of sulfonamides is 1. The molecule has 4 rings (SSSR count). The maximum Gasteiger partial charge on any atom is 0.243 e. The molecular formula is C22H32N2O2S. The van der Waals surface area contributed by atoms with E-state index in [1.165, 1.54) is 32.1 Å². The van der Waals surface area contributed by atoms with Gasteiger partial charge in [-0.2, -0.15) is 4.31 Å². The van der Waals surface area contributed by atoms with Crippen molar-refractivity contribution >= 4 is 20.8 Å². The molecule has 4 nitrogen and oxygen atoms in total. The molecule has 1 aliphatic heterocycles. The van der Waals surface area contributed by atoms with E-state index >= 15 is 0 Å². The SMILES string of the molecule is CC1CCCCC1.CC1CCCCN1S(=O)(=O)c1cccc2cnccc12. The molecule has 2 aliphatic rings. The highest BCUT2D eigenvalue weighted by Gasteiger charge is 2.31. The molecule has 27 heavy (non-hydrogen) atoms. The van der Waals surface area contributed by atoms with Gasteiger partial charge in [-0.05, 0) is 37.8 Å². The molecule has 1 aromatic heterocycles. The Morgan fingerprint density at radius 3 is 2.37 bits per heavy atom. The number of fused-ring (bicyclic) bond motifs is 1. The highest BCUT2D eigenvalue weighted by atomic mass is 32.2. The number of benzene rings is 1. The van der Waals surface area contributed by atoms with Crippen molar-refractivity contribution in [2.75, 3.05) is 6.54 Å². The third-order valence-electron chi connectivity index (χ3n) is 5.86. The van der Waals surface area contributed by atoms with E-state index < -0.39 is 10.0 Å². The lowest BCUT2D eigenvalue weighted by Gasteiger charge is -2.32. The predicted octanol–water partition coefficient (Wildman–Crippen LogP) is 5.38. The van der Waals surface area contributed by atoms with Gasteiger partial charge in [0.1, 0.15) is 0 Å². The topological polar surface area (TPSA) is 50.3 Å². The first-order chi connectivity index (χ1) is 13.0. The third kappa shape index (κ3) is 4.88. The zero-order valence-electron chi connectivity index (χ0n) is 16.6. The summed E-state index contributed by atoms with van der Waals surface area (Å²) in [7, 11) is -3.43. The van der Waals surface area contributed by atoms with Crippen molar-refractivity contribution in [3.05, 3.63) is 36.7 Å². The fourth-order valence-electron chi connectivity index (χ4n) is 4.18. The van der Waals surface area contributed by atoms with Crippen LogP contribution in [0.2, 0.25) is 0 Å². The van der Waals surface area contributed by atoms with E-state index in [1.807, 2.05) is 13.0 Å². The van der Waals surface area contributed by atoms with Crippen LogP contribution in [0, 0.1) is 5.92 Å². The van der Waals surface area contributed by atoms with Gasteiger partial charge in [-0.1, -0.05) is 57.6 Å². The van der Waals surface area contributed by atoms with Gasteiger partial charge in [0.05, 0.1) is 4.90 Å². The third-order valence-corrected chi connectivity index (χ3v) is 7.93. The molecule has 0 N–H and O–H groups in total. The summed E-state index contributed by atoms with van der Waals surface area (Å²) in [5.74, 6) is 1.04. The minimum absolute atomic E-state index is 0.0749. The molecule has 2 fully saturated rings. The maximum atomic E-state index is 12.9. The Balaban J connectivity index is 0.000000253. The number of aromatic nitrogens is 1. The molecule has 1 unspecified atom stereocenters. The second-order valence-corrected chi connectivity index (χ2v) is 9.92. The highest BCUT2D eigenvalue weighted by Crippen LogP contribution is 2.29. The molecule has 0 bridgehead atoms. The molecule has 1 aliphatic carbocycles. The van der Waals surface area contributed by atoms with Crippen LogP contribution in [-0.2, 0) is 10.0 Å². The summed E-state index contributed by atoms with van der Waals surface area (Å²) in [6.45, 7) is 4.97. The minimum atomic E-state index is -3.43. The average Bonchev–Trinajstić information content (AvgIpc) is 2.69. The summed E-state index contributed by atoms with van der Waals surface area (Å²) in [5.41, 5.74) is 0. The number of pyridine rings is 1. The molecule has 5 heteroatoms. The Morgan fingerprint density at radius 2 is 1.70 bits per heavy atom. The number of hydrogen-bond donors (Lipinski definition) is 0. The fraction of sp³-hybridized carbons (Fsp3) is 0.591. The molecule has 1 saturated carbocycles. The lowest BCUT2D eigenvalue weighted by Crippen LogP contribution is -2.41. The van der Waals surface area contributed by atoms with Crippen LogP contribution < -0.4 is 0 Å². The number of rotatable bonds is 2. The van der Waals surface area contributed by atoms with Gasteiger partial charge < -0.3 is 0 Å². The Labute approximate surface area is 164 Å². The van der Waals surface area contributed by atoms with Crippen molar-refractivity contribution in [1.29, 1.82) is 0 Å². The minimum Gasteiger partial charge on any atom is -0.264 e. The number of nitrogens with zero attached hydrogens (tertiary/aromatic N) is 2. The molecule has 0 amide bonds. The van der Waals surface area contributed by atoms with Gasteiger partial charge in [-0.15, -0.1) is 0 Å². The molecule has 1 saturated heterocycles. The quantitative estimate of drug-likeness (QED) is 0.693. The summed E-state index contributed by atoms with van der Waals surface area (Å²) in [6, 6.07) is 7.22. The van der Waals surface area contributed by atoms with Crippen molar-refractivity contribution in [2.24, 2.45) is 5.92 Å². The van der Waals surface area contributed by atoms with Crippen molar-refractivity contribution < 1.29 is 8.42 Å². The average molecular weight is 389 g/mol. The van der Waals surface area contributed by atoms with E-state index in [9.17, 15) is 8.42 Å². The Morgan fingerprint density at radius 1 is 0.963 bits per heavy atom. The second-order valence-electron chi connectivity index (χ2n) is 8.06. The van der Waals surface area contributed by atoms with Gasteiger partial charge in [0.15, 0.2) is 0 Å². The normalized spacial score (nSPS) is 22.2. The molecule has 0 spiro atoms. The van der Waals surface area contributed by atoms with E-state index in [2.05, 4.69) is 11.9 Å². The molecule has 2 heterocycles. The first-order valence-electron chi connectivity index (χ1n) is 10.3. The smallest absolute Gasteiger partial charge is 0.243 e. The monoisotopic (exact) mass is 388 g/mol. The van der Waals surface area contributed by atoms with Gasteiger partial charge in [0, 0.05) is 35.8 Å². The molecule has 148 valence electrons. The molecule has 1 atom stereocenters. The van der Waals surface area contributed by atoms with Crippen LogP contribution in [-0.4, -0.2) is 30.3 Å². The second kappa shape index (κ2) is 9.16. The summed E-state index contributed by atoms with van der Waals surface area (Å²) in [5, 5.41) is 1.61. The molecule has 2 aromatic rings. The van der Waals surface area contributed by atoms with Crippen LogP contribution in [0.1, 0.15) is 65.2 Å². The van der Waals surface area contributed by atoms with E-state index in [1.54, 1.807) is 34.9 Å². The molecular weight excluding hydrogens is 356 g/mol. The van der Waals surface area contributed by atoms with E-state index in [0.29, 0.717) is 11.4 Å². The van der Waals surface area contributed by atoms with Crippen LogP contribution in [0.5, 0.6) is 0 Å². The summed E-state index contributed by atoms with van der Waals surface area (Å²) in [6.07, 6.45) is 13.8. The van der Waals surface area contributed by atoms with Crippen LogP contribution >= 0.6 is 0 Å². The lowest BCUT2D eigenvalue weighted by molar-refractivity contribution is 0.269. The lowest BCUT2D eigenvalue weighted by atomic mass is 9.91. The predicted molar refractivity (Wildman–Crippen MR) is 111 cm³/mol. The van der Waals surface area contributed by atoms with Crippen LogP contribution in [0.25, 0.3) is 10.8 Å². The number of piperidine rings is 1. The standard InChI is InChI=1S/C15H18N2O2S.C7H14/c1-12-5-2-3-10-17(12)20(18,19)15-7-4-6-13-11-16-9-8-14(13)15;1-7-5-3-2-4-6-7/h4,6-9,11-12H,2-3,5,10H2,1H3;7H,2-6H2,1H3. The van der Waals surface area contributed by atoms with Crippen LogP contribution in [0.15, 0.2) is 41.6 Å². The number of hydrogen-bond acceptors (Lipinski definition) is 3. The van der Waals surface area contributed by atoms with E-state index in [4.69, 9.17) is 0 Å². The first kappa shape index (κ1) is 20.3. The van der Waals surface area contributed by atoms with Gasteiger partial charge in [-0.3, -0.25) is 4.98 Å². The molecule has 0 radical (unpaired) electrons. The highest BCUT2D eigenvalue weighted by molar-refractivity contribution is 7.89. The Hall–Kier alpha value is -1.46. The van der Waals surface area contributed by atoms with Gasteiger partial charge in [0.2, 0.25) is 10.0 Å². The fourth-order valence-corrected chi connectivity index (χ4v) is 6.10. The van der Waals surface area contributed by atoms with E-state index in [-0.39, 0.29) is 6.04 Å². The van der Waals surface area contributed by atoms with Crippen molar-refractivity contribution in [3.63, 3.8) is 0 Å². The van der Waals surface area contributed by atoms with E-state index in [0.717, 1.165) is 36.0 Å².